The van der Waals surface area contributed by atoms with Gasteiger partial charge in [0.15, 0.2) is 0 Å². The van der Waals surface area contributed by atoms with Crippen LogP contribution in [0.25, 0.3) is 11.0 Å². The number of carbonyl (C=O) groups is 2. The van der Waals surface area contributed by atoms with Gasteiger partial charge in [0, 0.05) is 18.4 Å². The Labute approximate surface area is 150 Å². The predicted molar refractivity (Wildman–Crippen MR) is 97.6 cm³/mol. The maximum Gasteiger partial charge on any atom is 0.269 e. The first kappa shape index (κ1) is 17.5. The molecule has 0 atom stereocenters. The van der Waals surface area contributed by atoms with Gasteiger partial charge in [0.2, 0.25) is 5.91 Å². The average molecular weight is 352 g/mol. The van der Waals surface area contributed by atoms with E-state index in [9.17, 15) is 9.59 Å². The number of nitrogens with zero attached hydrogens (tertiary/aromatic N) is 1. The van der Waals surface area contributed by atoms with Crippen LogP contribution in [0.5, 0.6) is 5.75 Å². The molecule has 2 amide bonds. The van der Waals surface area contributed by atoms with Crippen LogP contribution in [0.15, 0.2) is 48.5 Å². The molecule has 0 spiro atoms. The van der Waals surface area contributed by atoms with Crippen molar-refractivity contribution in [1.82, 2.24) is 20.8 Å². The highest BCUT2D eigenvalue weighted by molar-refractivity contribution is 5.95. The van der Waals surface area contributed by atoms with Crippen LogP contribution in [-0.4, -0.2) is 28.4 Å². The summed E-state index contributed by atoms with van der Waals surface area (Å²) in [6, 6.07) is 14.4. The summed E-state index contributed by atoms with van der Waals surface area (Å²) in [5.74, 6) is 0.757. The molecule has 26 heavy (non-hydrogen) atoms. The summed E-state index contributed by atoms with van der Waals surface area (Å²) in [6.07, 6.45) is 0.669. The first-order valence-corrected chi connectivity index (χ1v) is 8.41. The molecule has 0 aliphatic carbocycles. The molecule has 0 saturated heterocycles. The van der Waals surface area contributed by atoms with Crippen molar-refractivity contribution < 1.29 is 14.3 Å². The Kier molecular flexibility index (Phi) is 5.48. The monoisotopic (exact) mass is 352 g/mol. The molecule has 1 aromatic heterocycles. The summed E-state index contributed by atoms with van der Waals surface area (Å²) in [4.78, 5) is 31.5. The second-order valence-corrected chi connectivity index (χ2v) is 5.66. The molecule has 3 aromatic rings. The van der Waals surface area contributed by atoms with Crippen molar-refractivity contribution in [1.29, 1.82) is 0 Å². The molecule has 134 valence electrons. The van der Waals surface area contributed by atoms with Crippen LogP contribution < -0.4 is 15.6 Å². The highest BCUT2D eigenvalue weighted by Gasteiger charge is 2.09. The van der Waals surface area contributed by atoms with Crippen molar-refractivity contribution >= 4 is 22.8 Å². The van der Waals surface area contributed by atoms with Crippen LogP contribution in [0.1, 0.15) is 29.5 Å². The van der Waals surface area contributed by atoms with E-state index >= 15 is 0 Å². The SMILES string of the molecule is CCOc1ccc(C(=O)NNC(=O)CCc2nc3ccccc3[nH]2)cc1. The second kappa shape index (κ2) is 8.15. The van der Waals surface area contributed by atoms with E-state index in [2.05, 4.69) is 20.8 Å². The number of aromatic nitrogens is 2. The quantitative estimate of drug-likeness (QED) is 0.593. The van der Waals surface area contributed by atoms with E-state index in [-0.39, 0.29) is 18.2 Å². The summed E-state index contributed by atoms with van der Waals surface area (Å²) >= 11 is 0. The number of aromatic amines is 1. The smallest absolute Gasteiger partial charge is 0.269 e. The molecule has 0 unspecified atom stereocenters. The highest BCUT2D eigenvalue weighted by atomic mass is 16.5. The minimum Gasteiger partial charge on any atom is -0.494 e. The summed E-state index contributed by atoms with van der Waals surface area (Å²) in [7, 11) is 0. The predicted octanol–water partition coefficient (Wildman–Crippen LogP) is 2.36. The molecular formula is C19H20N4O3. The lowest BCUT2D eigenvalue weighted by Crippen LogP contribution is -2.41. The maximum absolute atomic E-state index is 12.0. The number of ether oxygens (including phenoxy) is 1. The van der Waals surface area contributed by atoms with Gasteiger partial charge >= 0.3 is 0 Å². The standard InChI is InChI=1S/C19H20N4O3/c1-2-26-14-9-7-13(8-10-14)19(25)23-22-18(24)12-11-17-20-15-5-3-4-6-16(15)21-17/h3-10H,2,11-12H2,1H3,(H,20,21)(H,22,24)(H,23,25). The Bertz CT molecular complexity index is 870. The van der Waals surface area contributed by atoms with E-state index < -0.39 is 0 Å². The van der Waals surface area contributed by atoms with Crippen molar-refractivity contribution in [3.05, 3.63) is 59.9 Å². The molecule has 0 bridgehead atoms. The number of H-pyrrole nitrogens is 1. The Morgan fingerprint density at radius 1 is 1.08 bits per heavy atom. The number of nitrogens with one attached hydrogen (secondary N) is 3. The van der Waals surface area contributed by atoms with Gasteiger partial charge in [0.25, 0.3) is 5.91 Å². The van der Waals surface area contributed by atoms with E-state index in [0.717, 1.165) is 16.9 Å². The number of benzene rings is 2. The molecule has 1 heterocycles. The van der Waals surface area contributed by atoms with Crippen molar-refractivity contribution in [2.75, 3.05) is 6.61 Å². The molecule has 0 radical (unpaired) electrons. The van der Waals surface area contributed by atoms with Gasteiger partial charge in [-0.15, -0.1) is 0 Å². The minimum atomic E-state index is -0.384. The van der Waals surface area contributed by atoms with Crippen molar-refractivity contribution in [3.8, 4) is 5.75 Å². The number of imidazole rings is 1. The third-order valence-corrected chi connectivity index (χ3v) is 3.77. The molecule has 7 nitrogen and oxygen atoms in total. The zero-order chi connectivity index (χ0) is 18.4. The van der Waals surface area contributed by atoms with E-state index in [1.165, 1.54) is 0 Å². The lowest BCUT2D eigenvalue weighted by atomic mass is 10.2. The maximum atomic E-state index is 12.0. The first-order chi connectivity index (χ1) is 12.7. The topological polar surface area (TPSA) is 96.1 Å². The molecule has 3 N–H and O–H groups in total. The van der Waals surface area contributed by atoms with Crippen LogP contribution in [0.2, 0.25) is 0 Å². The number of fused-ring (bicyclic) bond motifs is 1. The highest BCUT2D eigenvalue weighted by Crippen LogP contribution is 2.12. The van der Waals surface area contributed by atoms with Crippen molar-refractivity contribution in [3.63, 3.8) is 0 Å². The van der Waals surface area contributed by atoms with Gasteiger partial charge in [0.1, 0.15) is 11.6 Å². The number of rotatable bonds is 6. The third-order valence-electron chi connectivity index (χ3n) is 3.77. The van der Waals surface area contributed by atoms with Gasteiger partial charge in [-0.3, -0.25) is 20.4 Å². The average Bonchev–Trinajstić information content (AvgIpc) is 3.08. The van der Waals surface area contributed by atoms with Gasteiger partial charge in [-0.2, -0.15) is 0 Å². The number of amides is 2. The van der Waals surface area contributed by atoms with Crippen LogP contribution in [0.3, 0.4) is 0 Å². The Balaban J connectivity index is 1.46. The van der Waals surface area contributed by atoms with Crippen LogP contribution in [-0.2, 0) is 11.2 Å². The van der Waals surface area contributed by atoms with Gasteiger partial charge in [-0.25, -0.2) is 4.98 Å². The number of hydrogen-bond donors (Lipinski definition) is 3. The van der Waals surface area contributed by atoms with Gasteiger partial charge in [0.05, 0.1) is 17.6 Å². The lowest BCUT2D eigenvalue weighted by molar-refractivity contribution is -0.121. The fourth-order valence-electron chi connectivity index (χ4n) is 2.49. The summed E-state index contributed by atoms with van der Waals surface area (Å²) < 4.78 is 5.32. The summed E-state index contributed by atoms with van der Waals surface area (Å²) in [5, 5.41) is 0. The van der Waals surface area contributed by atoms with E-state index in [0.29, 0.717) is 24.3 Å². The molecule has 0 aliphatic heterocycles. The van der Waals surface area contributed by atoms with Crippen LogP contribution >= 0.6 is 0 Å². The zero-order valence-electron chi connectivity index (χ0n) is 14.4. The molecule has 0 saturated carbocycles. The molecule has 7 heteroatoms. The number of para-hydroxylation sites is 2. The van der Waals surface area contributed by atoms with Crippen LogP contribution in [0, 0.1) is 0 Å². The van der Waals surface area contributed by atoms with Crippen LogP contribution in [0.4, 0.5) is 0 Å². The molecule has 0 aliphatic rings. The molecule has 3 rings (SSSR count). The van der Waals surface area contributed by atoms with Crippen molar-refractivity contribution in [2.24, 2.45) is 0 Å². The summed E-state index contributed by atoms with van der Waals surface area (Å²) in [5.41, 5.74) is 7.06. The van der Waals surface area contributed by atoms with E-state index in [4.69, 9.17) is 4.74 Å². The van der Waals surface area contributed by atoms with Crippen molar-refractivity contribution in [2.45, 2.75) is 19.8 Å². The van der Waals surface area contributed by atoms with Gasteiger partial charge in [-0.1, -0.05) is 12.1 Å². The summed E-state index contributed by atoms with van der Waals surface area (Å²) in [6.45, 7) is 2.45. The first-order valence-electron chi connectivity index (χ1n) is 8.41. The number of hydrogen-bond acceptors (Lipinski definition) is 4. The van der Waals surface area contributed by atoms with E-state index in [1.807, 2.05) is 31.2 Å². The minimum absolute atomic E-state index is 0.212. The Hall–Kier alpha value is -3.35. The van der Waals surface area contributed by atoms with E-state index in [1.54, 1.807) is 24.3 Å². The van der Waals surface area contributed by atoms with Gasteiger partial charge < -0.3 is 9.72 Å². The lowest BCUT2D eigenvalue weighted by Gasteiger charge is -2.08. The molecular weight excluding hydrogens is 332 g/mol. The number of carbonyl (C=O) groups excluding carboxylic acids is 2. The Morgan fingerprint density at radius 2 is 1.85 bits per heavy atom. The fraction of sp³-hybridized carbons (Fsp3) is 0.211. The van der Waals surface area contributed by atoms with Gasteiger partial charge in [-0.05, 0) is 43.3 Å². The number of aryl methyl sites for hydroxylation is 1. The molecule has 0 fully saturated rings. The zero-order valence-corrected chi connectivity index (χ0v) is 14.4. The normalized spacial score (nSPS) is 10.5. The second-order valence-electron chi connectivity index (χ2n) is 5.66. The fourth-order valence-corrected chi connectivity index (χ4v) is 2.49. The molecule has 2 aromatic carbocycles. The number of hydrazine groups is 1. The Morgan fingerprint density at radius 3 is 2.58 bits per heavy atom. The largest absolute Gasteiger partial charge is 0.494 e. The third kappa shape index (κ3) is 4.38.